The van der Waals surface area contributed by atoms with E-state index >= 15 is 0 Å². The largest absolute Gasteiger partial charge is 0.494 e. The molecule has 1 N–H and O–H groups in total. The van der Waals surface area contributed by atoms with Crippen LogP contribution in [0.4, 0.5) is 0 Å². The number of hydrogen-bond donors (Lipinski definition) is 1. The number of para-hydroxylation sites is 1. The van der Waals surface area contributed by atoms with Crippen LogP contribution in [0.5, 0.6) is 5.75 Å². The van der Waals surface area contributed by atoms with Crippen LogP contribution in [-0.2, 0) is 7.05 Å². The topological polar surface area (TPSA) is 39.1 Å². The van der Waals surface area contributed by atoms with Crippen molar-refractivity contribution in [3.05, 3.63) is 48.0 Å². The zero-order valence-corrected chi connectivity index (χ0v) is 11.8. The number of aryl methyl sites for hydroxylation is 1. The fourth-order valence-corrected chi connectivity index (χ4v) is 2.23. The van der Waals surface area contributed by atoms with Gasteiger partial charge in [0.25, 0.3) is 0 Å². The van der Waals surface area contributed by atoms with Gasteiger partial charge in [-0.1, -0.05) is 25.1 Å². The first-order chi connectivity index (χ1) is 9.27. The van der Waals surface area contributed by atoms with E-state index in [2.05, 4.69) is 23.3 Å². The quantitative estimate of drug-likeness (QED) is 0.866. The van der Waals surface area contributed by atoms with E-state index in [0.717, 1.165) is 23.6 Å². The highest BCUT2D eigenvalue weighted by molar-refractivity contribution is 5.39. The number of nitrogens with one attached hydrogen (secondary N) is 1. The molecule has 0 aliphatic heterocycles. The molecule has 0 saturated heterocycles. The van der Waals surface area contributed by atoms with Crippen LogP contribution in [0.2, 0.25) is 0 Å². The predicted molar refractivity (Wildman–Crippen MR) is 76.3 cm³/mol. The SMILES string of the molecule is CCNC(c1ccccc1OCC)c1cncn1C. The summed E-state index contributed by atoms with van der Waals surface area (Å²) in [6, 6.07) is 8.25. The first-order valence-electron chi connectivity index (χ1n) is 6.69. The minimum atomic E-state index is 0.0975. The Hall–Kier alpha value is -1.81. The van der Waals surface area contributed by atoms with Crippen LogP contribution in [0.3, 0.4) is 0 Å². The maximum Gasteiger partial charge on any atom is 0.124 e. The van der Waals surface area contributed by atoms with Crippen LogP contribution in [-0.4, -0.2) is 22.7 Å². The first kappa shape index (κ1) is 13.6. The lowest BCUT2D eigenvalue weighted by Crippen LogP contribution is -2.24. The van der Waals surface area contributed by atoms with E-state index < -0.39 is 0 Å². The Labute approximate surface area is 114 Å². The summed E-state index contributed by atoms with van der Waals surface area (Å²) in [5.41, 5.74) is 2.28. The van der Waals surface area contributed by atoms with Crippen LogP contribution >= 0.6 is 0 Å². The summed E-state index contributed by atoms with van der Waals surface area (Å²) in [5, 5.41) is 3.50. The summed E-state index contributed by atoms with van der Waals surface area (Å²) >= 11 is 0. The molecule has 102 valence electrons. The fourth-order valence-electron chi connectivity index (χ4n) is 2.23. The van der Waals surface area contributed by atoms with Crippen molar-refractivity contribution in [1.82, 2.24) is 14.9 Å². The highest BCUT2D eigenvalue weighted by atomic mass is 16.5. The van der Waals surface area contributed by atoms with E-state index in [4.69, 9.17) is 4.74 Å². The van der Waals surface area contributed by atoms with E-state index in [1.54, 1.807) is 0 Å². The van der Waals surface area contributed by atoms with Gasteiger partial charge in [-0.2, -0.15) is 0 Å². The van der Waals surface area contributed by atoms with Crippen molar-refractivity contribution in [1.29, 1.82) is 0 Å². The highest BCUT2D eigenvalue weighted by Gasteiger charge is 2.19. The molecule has 1 aromatic carbocycles. The van der Waals surface area contributed by atoms with E-state index in [-0.39, 0.29) is 6.04 Å². The third-order valence-corrected chi connectivity index (χ3v) is 3.09. The molecule has 2 aromatic rings. The highest BCUT2D eigenvalue weighted by Crippen LogP contribution is 2.29. The maximum absolute atomic E-state index is 5.73. The molecule has 0 amide bonds. The number of imidazole rings is 1. The summed E-state index contributed by atoms with van der Waals surface area (Å²) in [5.74, 6) is 0.928. The van der Waals surface area contributed by atoms with E-state index in [1.807, 2.05) is 49.3 Å². The third kappa shape index (κ3) is 2.96. The Kier molecular flexibility index (Phi) is 4.58. The zero-order chi connectivity index (χ0) is 13.7. The lowest BCUT2D eigenvalue weighted by atomic mass is 10.0. The van der Waals surface area contributed by atoms with Gasteiger partial charge in [0.2, 0.25) is 0 Å². The summed E-state index contributed by atoms with van der Waals surface area (Å²) < 4.78 is 7.77. The molecule has 0 aliphatic carbocycles. The van der Waals surface area contributed by atoms with Gasteiger partial charge in [-0.05, 0) is 19.5 Å². The molecule has 4 nitrogen and oxygen atoms in total. The van der Waals surface area contributed by atoms with Gasteiger partial charge < -0.3 is 14.6 Å². The Bertz CT molecular complexity index is 522. The van der Waals surface area contributed by atoms with Gasteiger partial charge in [-0.3, -0.25) is 0 Å². The van der Waals surface area contributed by atoms with Crippen LogP contribution in [0.15, 0.2) is 36.8 Å². The standard InChI is InChI=1S/C15H21N3O/c1-4-17-15(13-10-16-11-18(13)3)12-8-6-7-9-14(12)19-5-2/h6-11,15,17H,4-5H2,1-3H3. The summed E-state index contributed by atoms with van der Waals surface area (Å²) in [7, 11) is 2.01. The minimum Gasteiger partial charge on any atom is -0.494 e. The van der Waals surface area contributed by atoms with Gasteiger partial charge in [0.15, 0.2) is 0 Å². The Morgan fingerprint density at radius 2 is 2.11 bits per heavy atom. The molecule has 4 heteroatoms. The van der Waals surface area contributed by atoms with Crippen LogP contribution < -0.4 is 10.1 Å². The number of aromatic nitrogens is 2. The molecule has 2 rings (SSSR count). The lowest BCUT2D eigenvalue weighted by molar-refractivity contribution is 0.333. The second-order valence-corrected chi connectivity index (χ2v) is 4.39. The zero-order valence-electron chi connectivity index (χ0n) is 11.8. The van der Waals surface area contributed by atoms with Gasteiger partial charge in [-0.15, -0.1) is 0 Å². The van der Waals surface area contributed by atoms with Crippen molar-refractivity contribution in [3.8, 4) is 5.75 Å². The van der Waals surface area contributed by atoms with Crippen molar-refractivity contribution in [3.63, 3.8) is 0 Å². The normalized spacial score (nSPS) is 12.4. The predicted octanol–water partition coefficient (Wildman–Crippen LogP) is 2.52. The van der Waals surface area contributed by atoms with E-state index in [0.29, 0.717) is 6.61 Å². The molecular weight excluding hydrogens is 238 g/mol. The average molecular weight is 259 g/mol. The minimum absolute atomic E-state index is 0.0975. The Balaban J connectivity index is 2.42. The lowest BCUT2D eigenvalue weighted by Gasteiger charge is -2.21. The molecule has 1 unspecified atom stereocenters. The average Bonchev–Trinajstić information content (AvgIpc) is 2.84. The fraction of sp³-hybridized carbons (Fsp3) is 0.400. The molecule has 0 aliphatic rings. The molecule has 1 heterocycles. The second-order valence-electron chi connectivity index (χ2n) is 4.39. The Morgan fingerprint density at radius 1 is 1.32 bits per heavy atom. The molecule has 19 heavy (non-hydrogen) atoms. The van der Waals surface area contributed by atoms with Gasteiger partial charge >= 0.3 is 0 Å². The van der Waals surface area contributed by atoms with Crippen molar-refractivity contribution < 1.29 is 4.74 Å². The van der Waals surface area contributed by atoms with Gasteiger partial charge in [0, 0.05) is 12.6 Å². The number of benzene rings is 1. The second kappa shape index (κ2) is 6.38. The molecule has 1 atom stereocenters. The van der Waals surface area contributed by atoms with Gasteiger partial charge in [0.1, 0.15) is 5.75 Å². The molecule has 0 fully saturated rings. The first-order valence-corrected chi connectivity index (χ1v) is 6.69. The van der Waals surface area contributed by atoms with Crippen molar-refractivity contribution in [2.45, 2.75) is 19.9 Å². The summed E-state index contributed by atoms with van der Waals surface area (Å²) in [6.07, 6.45) is 3.72. The van der Waals surface area contributed by atoms with Crippen molar-refractivity contribution in [2.24, 2.45) is 7.05 Å². The van der Waals surface area contributed by atoms with Gasteiger partial charge in [0.05, 0.1) is 30.9 Å². The number of nitrogens with zero attached hydrogens (tertiary/aromatic N) is 2. The van der Waals surface area contributed by atoms with Crippen LogP contribution in [0.1, 0.15) is 31.1 Å². The Morgan fingerprint density at radius 3 is 2.74 bits per heavy atom. The summed E-state index contributed by atoms with van der Waals surface area (Å²) in [4.78, 5) is 4.21. The summed E-state index contributed by atoms with van der Waals surface area (Å²) in [6.45, 7) is 5.66. The molecule has 0 radical (unpaired) electrons. The van der Waals surface area contributed by atoms with Crippen molar-refractivity contribution in [2.75, 3.05) is 13.2 Å². The molecule has 0 saturated carbocycles. The molecule has 0 bridgehead atoms. The van der Waals surface area contributed by atoms with Crippen LogP contribution in [0, 0.1) is 0 Å². The van der Waals surface area contributed by atoms with Crippen molar-refractivity contribution >= 4 is 0 Å². The maximum atomic E-state index is 5.73. The van der Waals surface area contributed by atoms with Crippen LogP contribution in [0.25, 0.3) is 0 Å². The molecule has 1 aromatic heterocycles. The number of ether oxygens (including phenoxy) is 1. The monoisotopic (exact) mass is 259 g/mol. The van der Waals surface area contributed by atoms with Gasteiger partial charge in [-0.25, -0.2) is 4.98 Å². The number of rotatable bonds is 6. The third-order valence-electron chi connectivity index (χ3n) is 3.09. The smallest absolute Gasteiger partial charge is 0.124 e. The number of hydrogen-bond acceptors (Lipinski definition) is 3. The van der Waals surface area contributed by atoms with E-state index in [9.17, 15) is 0 Å². The molecule has 0 spiro atoms. The van der Waals surface area contributed by atoms with E-state index in [1.165, 1.54) is 0 Å². The molecular formula is C15H21N3O.